The van der Waals surface area contributed by atoms with Gasteiger partial charge in [-0.15, -0.1) is 22.7 Å². The van der Waals surface area contributed by atoms with Gasteiger partial charge in [-0.2, -0.15) is 0 Å². The summed E-state index contributed by atoms with van der Waals surface area (Å²) in [4.78, 5) is 10.7. The monoisotopic (exact) mass is 1500 g/mol. The summed E-state index contributed by atoms with van der Waals surface area (Å²) in [6.45, 7) is 6.95. The molecule has 4 nitrogen and oxygen atoms in total. The molecule has 6 heterocycles. The quantitative estimate of drug-likeness (QED) is 0.127. The minimum atomic E-state index is -0.660. The molecule has 0 atom stereocenters. The highest BCUT2D eigenvalue weighted by Crippen LogP contribution is 2.63. The van der Waals surface area contributed by atoms with E-state index >= 15 is 0 Å². The lowest BCUT2D eigenvalue weighted by Crippen LogP contribution is -2.61. The van der Waals surface area contributed by atoms with E-state index in [-0.39, 0.29) is 12.1 Å². The second-order valence-electron chi connectivity index (χ2n) is 32.1. The van der Waals surface area contributed by atoms with Crippen LogP contribution >= 0.6 is 22.7 Å². The third-order valence-electron chi connectivity index (χ3n) is 25.1. The van der Waals surface area contributed by atoms with E-state index in [1.807, 2.05) is 22.7 Å². The fourth-order valence-corrected chi connectivity index (χ4v) is 22.5. The Labute approximate surface area is 678 Å². The fourth-order valence-electron chi connectivity index (χ4n) is 20.3. The van der Waals surface area contributed by atoms with Crippen LogP contribution in [0.5, 0.6) is 0 Å². The fraction of sp³-hybridized carbons (Fsp3) is 0.0556. The van der Waals surface area contributed by atoms with Gasteiger partial charge in [0.25, 0.3) is 6.71 Å². The van der Waals surface area contributed by atoms with Crippen molar-refractivity contribution in [3.63, 3.8) is 0 Å². The molecule has 19 aromatic rings. The van der Waals surface area contributed by atoms with Gasteiger partial charge < -0.3 is 19.6 Å². The van der Waals surface area contributed by atoms with Gasteiger partial charge in [-0.05, 0) is 168 Å². The molecular weight excluding hydrogens is 1430 g/mol. The Morgan fingerprint density at radius 2 is 0.574 bits per heavy atom. The molecule has 4 aliphatic heterocycles. The van der Waals surface area contributed by atoms with E-state index in [4.69, 9.17) is 0 Å². The van der Waals surface area contributed by atoms with Crippen LogP contribution in [0.2, 0.25) is 0 Å². The Kier molecular flexibility index (Phi) is 15.2. The van der Waals surface area contributed by atoms with Gasteiger partial charge in [-0.1, -0.05) is 336 Å². The summed E-state index contributed by atoms with van der Waals surface area (Å²) in [6.07, 6.45) is 0. The first-order valence-electron chi connectivity index (χ1n) is 40.0. The summed E-state index contributed by atoms with van der Waals surface area (Å²) < 4.78 is 4.99. The van der Waals surface area contributed by atoms with Crippen molar-refractivity contribution in [2.24, 2.45) is 0 Å². The number of rotatable bonds is 10. The molecule has 0 N–H and O–H groups in total. The molecule has 17 aromatic carbocycles. The van der Waals surface area contributed by atoms with E-state index in [1.54, 1.807) is 0 Å². The summed E-state index contributed by atoms with van der Waals surface area (Å²) in [5.41, 5.74) is 31.2. The molecule has 0 aliphatic carbocycles. The average Bonchev–Trinajstić information content (AvgIpc) is 1.14. The van der Waals surface area contributed by atoms with Crippen molar-refractivity contribution >= 4 is 154 Å². The Balaban J connectivity index is 0.858. The highest BCUT2D eigenvalue weighted by Gasteiger charge is 2.51. The Hall–Kier alpha value is -13.6. The maximum atomic E-state index is 2.76. The predicted molar refractivity (Wildman–Crippen MR) is 489 cm³/mol. The normalized spacial score (nSPS) is 14.1. The number of fused-ring (bicyclic) bond motifs is 14. The van der Waals surface area contributed by atoms with Crippen LogP contribution in [-0.2, 0) is 16.2 Å². The molecular formula is C108H75BN4S2. The maximum absolute atomic E-state index is 2.76. The van der Waals surface area contributed by atoms with Gasteiger partial charge in [-0.3, -0.25) is 0 Å². The van der Waals surface area contributed by atoms with Gasteiger partial charge in [0.1, 0.15) is 0 Å². The van der Waals surface area contributed by atoms with Crippen LogP contribution < -0.4 is 36.0 Å². The molecule has 23 rings (SSSR count). The number of thiophene rings is 2. The van der Waals surface area contributed by atoms with Gasteiger partial charge in [-0.25, -0.2) is 0 Å². The van der Waals surface area contributed by atoms with Gasteiger partial charge in [0.05, 0.1) is 45.0 Å². The lowest BCUT2D eigenvalue weighted by atomic mass is 9.33. The van der Waals surface area contributed by atoms with E-state index in [0.717, 1.165) is 90.5 Å². The zero-order valence-electron chi connectivity index (χ0n) is 63.8. The van der Waals surface area contributed by atoms with Crippen molar-refractivity contribution in [2.75, 3.05) is 19.6 Å². The van der Waals surface area contributed by atoms with Crippen LogP contribution in [0.1, 0.15) is 70.8 Å². The highest BCUT2D eigenvalue weighted by molar-refractivity contribution is 7.26. The summed E-state index contributed by atoms with van der Waals surface area (Å²) >= 11 is 3.77. The summed E-state index contributed by atoms with van der Waals surface area (Å²) in [6, 6.07) is 152. The number of anilines is 12. The Morgan fingerprint density at radius 1 is 0.261 bits per heavy atom. The van der Waals surface area contributed by atoms with E-state index in [1.165, 1.54) is 107 Å². The van der Waals surface area contributed by atoms with Crippen LogP contribution in [0.25, 0.3) is 62.6 Å². The van der Waals surface area contributed by atoms with Crippen molar-refractivity contribution in [1.82, 2.24) is 0 Å². The first-order valence-corrected chi connectivity index (χ1v) is 41.6. The van der Waals surface area contributed by atoms with Crippen molar-refractivity contribution in [2.45, 2.75) is 37.0 Å². The molecule has 0 fully saturated rings. The van der Waals surface area contributed by atoms with Crippen LogP contribution in [-0.4, -0.2) is 6.71 Å². The van der Waals surface area contributed by atoms with Crippen LogP contribution in [0.4, 0.5) is 68.2 Å². The molecule has 0 bridgehead atoms. The minimum Gasteiger partial charge on any atom is -0.310 e. The second-order valence-corrected chi connectivity index (χ2v) is 34.2. The van der Waals surface area contributed by atoms with Crippen molar-refractivity contribution in [1.29, 1.82) is 0 Å². The van der Waals surface area contributed by atoms with Crippen molar-refractivity contribution < 1.29 is 0 Å². The first-order chi connectivity index (χ1) is 56.7. The van der Waals surface area contributed by atoms with Crippen LogP contribution in [0.15, 0.2) is 400 Å². The standard InChI is InChI=1S/C108H75BN4S2/c1-106(2,3)76-66-95-103-96(67-76)113(105-80(71-36-12-5-13-37-71)61-65-100-102(105)82-47-23-33-57-98(82)115-100)94-69-78(111-91-54-30-26-50-85(91)108(74-42-18-8-19-43-74,75-44-20-9-21-45-75)86-51-27-31-55-92(86)111)59-63-88(94)109(103)87-62-58-77(68-93(87)112(95)104-79(70-34-10-4-11-35-70)60-64-99-101(104)81-46-22-32-56-97(81)114-99)110-89-52-28-24-48-83(89)107(72-38-14-6-15-39-72,73-40-16-7-17-41-73)84-49-25-29-53-90(84)110/h4-69H,1-3H3. The second kappa shape index (κ2) is 26.0. The molecule has 0 radical (unpaired) electrons. The maximum Gasteiger partial charge on any atom is 0.252 e. The van der Waals surface area contributed by atoms with Gasteiger partial charge in [0.15, 0.2) is 0 Å². The lowest BCUT2D eigenvalue weighted by Gasteiger charge is -2.48. The third-order valence-corrected chi connectivity index (χ3v) is 27.4. The van der Waals surface area contributed by atoms with Crippen molar-refractivity contribution in [3.05, 3.63) is 450 Å². The molecule has 542 valence electrons. The first kappa shape index (κ1) is 67.2. The largest absolute Gasteiger partial charge is 0.310 e. The molecule has 0 saturated carbocycles. The van der Waals surface area contributed by atoms with Crippen LogP contribution in [0.3, 0.4) is 0 Å². The van der Waals surface area contributed by atoms with E-state index in [9.17, 15) is 0 Å². The molecule has 7 heteroatoms. The molecule has 0 saturated heterocycles. The predicted octanol–water partition coefficient (Wildman–Crippen LogP) is 27.5. The molecule has 115 heavy (non-hydrogen) atoms. The number of nitrogens with zero attached hydrogens (tertiary/aromatic N) is 4. The van der Waals surface area contributed by atoms with Gasteiger partial charge in [0, 0.05) is 85.6 Å². The smallest absolute Gasteiger partial charge is 0.252 e. The van der Waals surface area contributed by atoms with E-state index < -0.39 is 10.8 Å². The Bertz CT molecular complexity index is 6520. The number of hydrogen-bond acceptors (Lipinski definition) is 6. The lowest BCUT2D eigenvalue weighted by molar-refractivity contribution is 0.590. The highest BCUT2D eigenvalue weighted by atomic mass is 32.1. The van der Waals surface area contributed by atoms with Crippen LogP contribution in [0, 0.1) is 0 Å². The van der Waals surface area contributed by atoms with Gasteiger partial charge >= 0.3 is 0 Å². The third kappa shape index (κ3) is 9.85. The topological polar surface area (TPSA) is 13.0 Å². The van der Waals surface area contributed by atoms with Gasteiger partial charge in [0.2, 0.25) is 0 Å². The molecule has 2 aromatic heterocycles. The zero-order valence-corrected chi connectivity index (χ0v) is 65.4. The zero-order chi connectivity index (χ0) is 76.3. The van der Waals surface area contributed by atoms with E-state index in [2.05, 4.69) is 441 Å². The number of hydrogen-bond donors (Lipinski definition) is 0. The summed E-state index contributed by atoms with van der Waals surface area (Å²) in [5, 5.41) is 4.95. The number of para-hydroxylation sites is 4. The number of benzene rings is 17. The molecule has 0 unspecified atom stereocenters. The average molecular weight is 1500 g/mol. The summed E-state index contributed by atoms with van der Waals surface area (Å²) in [7, 11) is 0. The molecule has 0 amide bonds. The summed E-state index contributed by atoms with van der Waals surface area (Å²) in [5.74, 6) is 0. The molecule has 0 spiro atoms. The van der Waals surface area contributed by atoms with E-state index in [0.29, 0.717) is 0 Å². The SMILES string of the molecule is CC(C)(C)c1cc2c3c(c1)N(c1c(-c4ccccc4)ccc4sc5ccccc5c14)c1cc(N4c5ccccc5C(c5ccccc5)(c5ccccc5)c5ccccc54)ccc1B3c1ccc(N3c4ccccc4C(c4ccccc4)(c4ccccc4)c4ccccc43)cc1N2c1c(-c2ccccc2)ccc2sc3ccccc3c12. The molecule has 4 aliphatic rings. The minimum absolute atomic E-state index is 0.286. The Morgan fingerprint density at radius 3 is 0.922 bits per heavy atom. The van der Waals surface area contributed by atoms with Crippen molar-refractivity contribution in [3.8, 4) is 22.3 Å².